The number of nitrogens with zero attached hydrogens (tertiary/aromatic N) is 1. The Labute approximate surface area is 104 Å². The molecule has 3 aliphatic rings. The third-order valence-electron chi connectivity index (χ3n) is 5.33. The van der Waals surface area contributed by atoms with Crippen molar-refractivity contribution in [1.82, 2.24) is 4.90 Å². The zero-order valence-electron chi connectivity index (χ0n) is 10.8. The Kier molecular flexibility index (Phi) is 3.18. The van der Waals surface area contributed by atoms with E-state index in [1.807, 2.05) is 0 Å². The van der Waals surface area contributed by atoms with Gasteiger partial charge in [0.25, 0.3) is 0 Å². The van der Waals surface area contributed by atoms with Crippen LogP contribution in [0.4, 0.5) is 0 Å². The fraction of sp³-hybridized carbons (Fsp3) is 1.00. The van der Waals surface area contributed by atoms with E-state index in [0.29, 0.717) is 6.04 Å². The number of nitrogens with two attached hydrogens (primary N) is 1. The first-order chi connectivity index (χ1) is 8.18. The SMILES string of the molecule is NC1(CO)CCC(N2CC3CCCC(C3)C2)C1. The van der Waals surface area contributed by atoms with E-state index >= 15 is 0 Å². The smallest absolute Gasteiger partial charge is 0.0611 e. The zero-order valence-corrected chi connectivity index (χ0v) is 10.8. The standard InChI is InChI=1S/C14H26N2O/c15-14(10-17)5-4-13(7-14)16-8-11-2-1-3-12(6-11)9-16/h11-13,17H,1-10,15H2. The Morgan fingerprint density at radius 2 is 1.88 bits per heavy atom. The van der Waals surface area contributed by atoms with Crippen molar-refractivity contribution >= 4 is 0 Å². The molecule has 4 atom stereocenters. The minimum absolute atomic E-state index is 0.157. The Hall–Kier alpha value is -0.120. The van der Waals surface area contributed by atoms with E-state index in [9.17, 15) is 5.11 Å². The van der Waals surface area contributed by atoms with Crippen LogP contribution >= 0.6 is 0 Å². The van der Waals surface area contributed by atoms with Crippen molar-refractivity contribution in [2.24, 2.45) is 17.6 Å². The third-order valence-corrected chi connectivity index (χ3v) is 5.33. The van der Waals surface area contributed by atoms with Crippen molar-refractivity contribution < 1.29 is 5.11 Å². The Balaban J connectivity index is 1.62. The topological polar surface area (TPSA) is 49.5 Å². The molecule has 3 nitrogen and oxygen atoms in total. The molecule has 1 heterocycles. The minimum atomic E-state index is -0.281. The molecule has 2 aliphatic carbocycles. The molecule has 17 heavy (non-hydrogen) atoms. The summed E-state index contributed by atoms with van der Waals surface area (Å²) in [5.41, 5.74) is 5.91. The maximum Gasteiger partial charge on any atom is 0.0611 e. The van der Waals surface area contributed by atoms with Gasteiger partial charge < -0.3 is 10.8 Å². The molecule has 1 aliphatic heterocycles. The first-order valence-corrected chi connectivity index (χ1v) is 7.32. The van der Waals surface area contributed by atoms with Gasteiger partial charge in [0.1, 0.15) is 0 Å². The van der Waals surface area contributed by atoms with Crippen molar-refractivity contribution in [1.29, 1.82) is 0 Å². The molecule has 1 saturated heterocycles. The predicted molar refractivity (Wildman–Crippen MR) is 68.7 cm³/mol. The first-order valence-electron chi connectivity index (χ1n) is 7.32. The summed E-state index contributed by atoms with van der Waals surface area (Å²) in [6, 6.07) is 0.649. The maximum absolute atomic E-state index is 9.36. The van der Waals surface area contributed by atoms with Gasteiger partial charge in [-0.3, -0.25) is 4.90 Å². The van der Waals surface area contributed by atoms with Crippen LogP contribution in [0.25, 0.3) is 0 Å². The number of aliphatic hydroxyl groups excluding tert-OH is 1. The summed E-state index contributed by atoms with van der Waals surface area (Å²) in [5.74, 6) is 1.90. The van der Waals surface area contributed by atoms with Crippen molar-refractivity contribution in [3.8, 4) is 0 Å². The molecule has 0 aromatic carbocycles. The monoisotopic (exact) mass is 238 g/mol. The summed E-state index contributed by atoms with van der Waals surface area (Å²) in [6.45, 7) is 2.75. The van der Waals surface area contributed by atoms with E-state index in [0.717, 1.165) is 24.7 Å². The van der Waals surface area contributed by atoms with Crippen LogP contribution in [0.5, 0.6) is 0 Å². The molecular formula is C14H26N2O. The van der Waals surface area contributed by atoms with E-state index in [4.69, 9.17) is 5.73 Å². The van der Waals surface area contributed by atoms with Gasteiger partial charge in [0, 0.05) is 24.7 Å². The van der Waals surface area contributed by atoms with Crippen LogP contribution in [0.3, 0.4) is 0 Å². The highest BCUT2D eigenvalue weighted by molar-refractivity contribution is 4.98. The highest BCUT2D eigenvalue weighted by Crippen LogP contribution is 2.39. The molecule has 98 valence electrons. The number of likely N-dealkylation sites (tertiary alicyclic amines) is 1. The zero-order chi connectivity index (χ0) is 11.9. The Morgan fingerprint density at radius 3 is 2.47 bits per heavy atom. The van der Waals surface area contributed by atoms with E-state index in [1.54, 1.807) is 0 Å². The van der Waals surface area contributed by atoms with Gasteiger partial charge in [0.05, 0.1) is 6.61 Å². The van der Waals surface area contributed by atoms with Gasteiger partial charge in [-0.15, -0.1) is 0 Å². The molecule has 0 amide bonds. The molecule has 0 aromatic heterocycles. The molecule has 3 rings (SSSR count). The Bertz CT molecular complexity index is 271. The average molecular weight is 238 g/mol. The van der Waals surface area contributed by atoms with E-state index in [2.05, 4.69) is 4.90 Å². The Morgan fingerprint density at radius 1 is 1.18 bits per heavy atom. The van der Waals surface area contributed by atoms with Crippen LogP contribution in [-0.4, -0.2) is 41.3 Å². The fourth-order valence-corrected chi connectivity index (χ4v) is 4.35. The van der Waals surface area contributed by atoms with Crippen molar-refractivity contribution in [2.75, 3.05) is 19.7 Å². The van der Waals surface area contributed by atoms with Crippen LogP contribution in [0.1, 0.15) is 44.9 Å². The van der Waals surface area contributed by atoms with Gasteiger partial charge in [-0.2, -0.15) is 0 Å². The third kappa shape index (κ3) is 2.38. The fourth-order valence-electron chi connectivity index (χ4n) is 4.35. The van der Waals surface area contributed by atoms with Gasteiger partial charge in [0.15, 0.2) is 0 Å². The first kappa shape index (κ1) is 11.9. The number of fused-ring (bicyclic) bond motifs is 2. The minimum Gasteiger partial charge on any atom is -0.394 e. The molecule has 4 unspecified atom stereocenters. The normalized spacial score (nSPS) is 47.3. The molecule has 2 bridgehead atoms. The second-order valence-corrected chi connectivity index (χ2v) is 6.77. The van der Waals surface area contributed by atoms with Crippen molar-refractivity contribution in [2.45, 2.75) is 56.5 Å². The van der Waals surface area contributed by atoms with Crippen LogP contribution < -0.4 is 5.73 Å². The lowest BCUT2D eigenvalue weighted by Gasteiger charge is -2.44. The molecule has 3 heteroatoms. The quantitative estimate of drug-likeness (QED) is 0.763. The molecule has 3 fully saturated rings. The van der Waals surface area contributed by atoms with Gasteiger partial charge >= 0.3 is 0 Å². The number of piperidine rings is 1. The molecule has 3 N–H and O–H groups in total. The molecule has 0 spiro atoms. The van der Waals surface area contributed by atoms with Crippen LogP contribution in [0.2, 0.25) is 0 Å². The molecule has 0 radical (unpaired) electrons. The number of rotatable bonds is 2. The number of hydrogen-bond acceptors (Lipinski definition) is 3. The van der Waals surface area contributed by atoms with Crippen LogP contribution in [0.15, 0.2) is 0 Å². The van der Waals surface area contributed by atoms with E-state index in [-0.39, 0.29) is 12.1 Å². The highest BCUT2D eigenvalue weighted by Gasteiger charge is 2.41. The lowest BCUT2D eigenvalue weighted by Crippen LogP contribution is -2.49. The highest BCUT2D eigenvalue weighted by atomic mass is 16.3. The van der Waals surface area contributed by atoms with E-state index in [1.165, 1.54) is 45.2 Å². The van der Waals surface area contributed by atoms with Crippen molar-refractivity contribution in [3.63, 3.8) is 0 Å². The van der Waals surface area contributed by atoms with Crippen LogP contribution in [0, 0.1) is 11.8 Å². The number of hydrogen-bond donors (Lipinski definition) is 2. The maximum atomic E-state index is 9.36. The van der Waals surface area contributed by atoms with Gasteiger partial charge in [0.2, 0.25) is 0 Å². The summed E-state index contributed by atoms with van der Waals surface area (Å²) in [6.07, 6.45) is 8.99. The summed E-state index contributed by atoms with van der Waals surface area (Å²) in [7, 11) is 0. The summed E-state index contributed by atoms with van der Waals surface area (Å²) in [4.78, 5) is 2.70. The van der Waals surface area contributed by atoms with E-state index < -0.39 is 0 Å². The van der Waals surface area contributed by atoms with Gasteiger partial charge in [-0.05, 0) is 50.4 Å². The lowest BCUT2D eigenvalue weighted by molar-refractivity contribution is 0.0512. The van der Waals surface area contributed by atoms with Gasteiger partial charge in [-0.1, -0.05) is 6.42 Å². The molecule has 0 aromatic rings. The van der Waals surface area contributed by atoms with Crippen LogP contribution in [-0.2, 0) is 0 Å². The predicted octanol–water partition coefficient (Wildman–Crippen LogP) is 1.35. The second-order valence-electron chi connectivity index (χ2n) is 6.77. The lowest BCUT2D eigenvalue weighted by atomic mass is 9.77. The summed E-state index contributed by atoms with van der Waals surface area (Å²) >= 11 is 0. The molecular weight excluding hydrogens is 212 g/mol. The van der Waals surface area contributed by atoms with Crippen molar-refractivity contribution in [3.05, 3.63) is 0 Å². The second kappa shape index (κ2) is 4.52. The molecule has 2 saturated carbocycles. The summed E-state index contributed by atoms with van der Waals surface area (Å²) < 4.78 is 0. The average Bonchev–Trinajstić information content (AvgIpc) is 2.72. The largest absolute Gasteiger partial charge is 0.394 e. The van der Waals surface area contributed by atoms with Gasteiger partial charge in [-0.25, -0.2) is 0 Å². The summed E-state index contributed by atoms with van der Waals surface area (Å²) in [5, 5.41) is 9.36. The number of aliphatic hydroxyl groups is 1.